The summed E-state index contributed by atoms with van der Waals surface area (Å²) >= 11 is 5.67. The van der Waals surface area contributed by atoms with E-state index in [0.29, 0.717) is 5.56 Å². The molecule has 0 amide bonds. The minimum Gasteiger partial charge on any atom is -0.439 e. The predicted molar refractivity (Wildman–Crippen MR) is 63.1 cm³/mol. The van der Waals surface area contributed by atoms with E-state index in [0.717, 1.165) is 12.1 Å². The number of benzene rings is 1. The number of halogens is 4. The second kappa shape index (κ2) is 5.44. The molecular formula is C12H8ClF3N2O. The molecule has 0 aliphatic heterocycles. The van der Waals surface area contributed by atoms with Crippen LogP contribution in [0.15, 0.2) is 36.8 Å². The Labute approximate surface area is 112 Å². The number of rotatable bonds is 3. The van der Waals surface area contributed by atoms with Crippen LogP contribution in [-0.4, -0.2) is 9.97 Å². The van der Waals surface area contributed by atoms with Crippen molar-refractivity contribution in [2.45, 2.75) is 12.1 Å². The van der Waals surface area contributed by atoms with Gasteiger partial charge in [-0.2, -0.15) is 13.2 Å². The molecule has 0 saturated carbocycles. The summed E-state index contributed by atoms with van der Waals surface area (Å²) in [6, 6.07) is 4.33. The molecule has 1 heterocycles. The maximum Gasteiger partial charge on any atom is 0.416 e. The van der Waals surface area contributed by atoms with E-state index >= 15 is 0 Å². The molecule has 0 saturated heterocycles. The van der Waals surface area contributed by atoms with Gasteiger partial charge in [-0.3, -0.25) is 0 Å². The van der Waals surface area contributed by atoms with Gasteiger partial charge >= 0.3 is 6.18 Å². The van der Waals surface area contributed by atoms with Gasteiger partial charge in [0.1, 0.15) is 12.1 Å². The largest absolute Gasteiger partial charge is 0.439 e. The van der Waals surface area contributed by atoms with Crippen LogP contribution in [0.25, 0.3) is 0 Å². The molecule has 19 heavy (non-hydrogen) atoms. The van der Waals surface area contributed by atoms with Crippen molar-refractivity contribution in [1.82, 2.24) is 9.97 Å². The lowest BCUT2D eigenvalue weighted by Crippen LogP contribution is -2.04. The Hall–Kier alpha value is -1.82. The van der Waals surface area contributed by atoms with Gasteiger partial charge in [-0.1, -0.05) is 0 Å². The van der Waals surface area contributed by atoms with Crippen LogP contribution in [0.3, 0.4) is 0 Å². The van der Waals surface area contributed by atoms with Crippen molar-refractivity contribution in [3.05, 3.63) is 47.9 Å². The van der Waals surface area contributed by atoms with E-state index in [2.05, 4.69) is 9.97 Å². The van der Waals surface area contributed by atoms with E-state index in [1.807, 2.05) is 0 Å². The summed E-state index contributed by atoms with van der Waals surface area (Å²) in [5.41, 5.74) is -0.177. The first-order chi connectivity index (χ1) is 9.00. The van der Waals surface area contributed by atoms with Gasteiger partial charge in [-0.25, -0.2) is 9.97 Å². The summed E-state index contributed by atoms with van der Waals surface area (Å²) in [6.07, 6.45) is -1.61. The lowest BCUT2D eigenvalue weighted by molar-refractivity contribution is -0.137. The number of nitrogens with zero attached hydrogens (tertiary/aromatic N) is 2. The first-order valence-electron chi connectivity index (χ1n) is 5.20. The molecule has 3 nitrogen and oxygen atoms in total. The third kappa shape index (κ3) is 3.35. The fourth-order valence-corrected chi connectivity index (χ4v) is 1.54. The van der Waals surface area contributed by atoms with E-state index in [1.54, 1.807) is 0 Å². The second-order valence-electron chi connectivity index (χ2n) is 3.61. The van der Waals surface area contributed by atoms with Gasteiger partial charge in [0, 0.05) is 11.8 Å². The molecule has 0 atom stereocenters. The van der Waals surface area contributed by atoms with E-state index in [9.17, 15) is 13.2 Å². The van der Waals surface area contributed by atoms with Gasteiger partial charge in [0.2, 0.25) is 5.88 Å². The summed E-state index contributed by atoms with van der Waals surface area (Å²) in [5.74, 6) is 0.624. The summed E-state index contributed by atoms with van der Waals surface area (Å²) in [5, 5.41) is 0. The maximum absolute atomic E-state index is 12.4. The number of hydrogen-bond donors (Lipinski definition) is 0. The highest BCUT2D eigenvalue weighted by molar-refractivity contribution is 6.17. The summed E-state index contributed by atoms with van der Waals surface area (Å²) in [7, 11) is 0. The third-order valence-electron chi connectivity index (χ3n) is 2.29. The number of ether oxygens (including phenoxy) is 1. The lowest BCUT2D eigenvalue weighted by Gasteiger charge is -2.09. The number of hydrogen-bond acceptors (Lipinski definition) is 3. The van der Waals surface area contributed by atoms with Crippen molar-refractivity contribution in [2.75, 3.05) is 0 Å². The van der Waals surface area contributed by atoms with Crippen LogP contribution >= 0.6 is 11.6 Å². The predicted octanol–water partition coefficient (Wildman–Crippen LogP) is 4.03. The average molecular weight is 289 g/mol. The van der Waals surface area contributed by atoms with Crippen LogP contribution in [0, 0.1) is 0 Å². The van der Waals surface area contributed by atoms with E-state index in [4.69, 9.17) is 16.3 Å². The Morgan fingerprint density at radius 2 is 1.84 bits per heavy atom. The molecule has 0 aliphatic carbocycles. The highest BCUT2D eigenvalue weighted by atomic mass is 35.5. The van der Waals surface area contributed by atoms with E-state index in [-0.39, 0.29) is 17.5 Å². The van der Waals surface area contributed by atoms with Crippen molar-refractivity contribution < 1.29 is 17.9 Å². The molecule has 0 N–H and O–H groups in total. The van der Waals surface area contributed by atoms with Gasteiger partial charge in [-0.05, 0) is 24.3 Å². The number of aromatic nitrogens is 2. The molecule has 0 unspecified atom stereocenters. The van der Waals surface area contributed by atoms with Gasteiger partial charge in [-0.15, -0.1) is 11.6 Å². The van der Waals surface area contributed by atoms with Crippen molar-refractivity contribution in [3.63, 3.8) is 0 Å². The monoisotopic (exact) mass is 288 g/mol. The molecule has 0 spiro atoms. The lowest BCUT2D eigenvalue weighted by atomic mass is 10.2. The molecule has 0 bridgehead atoms. The number of alkyl halides is 4. The maximum atomic E-state index is 12.4. The topological polar surface area (TPSA) is 35.0 Å². The summed E-state index contributed by atoms with van der Waals surface area (Å²) in [4.78, 5) is 7.66. The Bertz CT molecular complexity index is 558. The van der Waals surface area contributed by atoms with Gasteiger partial charge in [0.25, 0.3) is 0 Å². The Morgan fingerprint density at radius 3 is 2.42 bits per heavy atom. The standard InChI is InChI=1S/C12H8ClF3N2O/c13-5-8-6-17-7-18-11(8)19-10-3-1-9(2-4-10)12(14,15)16/h1-4,6-7H,5H2. The summed E-state index contributed by atoms with van der Waals surface area (Å²) < 4.78 is 42.5. The Kier molecular flexibility index (Phi) is 3.90. The molecule has 0 aliphatic rings. The van der Waals surface area contributed by atoms with E-state index in [1.165, 1.54) is 24.7 Å². The first kappa shape index (κ1) is 13.6. The zero-order chi connectivity index (χ0) is 13.9. The average Bonchev–Trinajstić information content (AvgIpc) is 2.39. The van der Waals surface area contributed by atoms with Crippen LogP contribution in [-0.2, 0) is 12.1 Å². The zero-order valence-electron chi connectivity index (χ0n) is 9.49. The summed E-state index contributed by atoms with van der Waals surface area (Å²) in [6.45, 7) is 0. The molecular weight excluding hydrogens is 281 g/mol. The molecule has 1 aromatic carbocycles. The van der Waals surface area contributed by atoms with Crippen molar-refractivity contribution in [2.24, 2.45) is 0 Å². The highest BCUT2D eigenvalue weighted by Gasteiger charge is 2.30. The van der Waals surface area contributed by atoms with Crippen molar-refractivity contribution in [3.8, 4) is 11.6 Å². The zero-order valence-corrected chi connectivity index (χ0v) is 10.2. The smallest absolute Gasteiger partial charge is 0.416 e. The van der Waals surface area contributed by atoms with Crippen LogP contribution < -0.4 is 4.74 Å². The fourth-order valence-electron chi connectivity index (χ4n) is 1.35. The molecule has 7 heteroatoms. The normalized spacial score (nSPS) is 11.4. The first-order valence-corrected chi connectivity index (χ1v) is 5.74. The molecule has 0 radical (unpaired) electrons. The fraction of sp³-hybridized carbons (Fsp3) is 0.167. The second-order valence-corrected chi connectivity index (χ2v) is 3.88. The van der Waals surface area contributed by atoms with Crippen molar-refractivity contribution in [1.29, 1.82) is 0 Å². The highest BCUT2D eigenvalue weighted by Crippen LogP contribution is 2.31. The molecule has 1 aromatic heterocycles. The molecule has 100 valence electrons. The van der Waals surface area contributed by atoms with Crippen LogP contribution in [0.1, 0.15) is 11.1 Å². The third-order valence-corrected chi connectivity index (χ3v) is 2.57. The van der Waals surface area contributed by atoms with E-state index < -0.39 is 11.7 Å². The van der Waals surface area contributed by atoms with Crippen LogP contribution in [0.2, 0.25) is 0 Å². The molecule has 2 aromatic rings. The Morgan fingerprint density at radius 1 is 1.16 bits per heavy atom. The molecule has 0 fully saturated rings. The Balaban J connectivity index is 2.20. The quantitative estimate of drug-likeness (QED) is 0.800. The van der Waals surface area contributed by atoms with Gasteiger partial charge < -0.3 is 4.74 Å². The van der Waals surface area contributed by atoms with Crippen LogP contribution in [0.5, 0.6) is 11.6 Å². The minimum absolute atomic E-state index is 0.150. The minimum atomic E-state index is -4.37. The van der Waals surface area contributed by atoms with Gasteiger partial charge in [0.15, 0.2) is 0 Å². The van der Waals surface area contributed by atoms with Crippen molar-refractivity contribution >= 4 is 11.6 Å². The SMILES string of the molecule is FC(F)(F)c1ccc(Oc2ncncc2CCl)cc1. The molecule has 2 rings (SSSR count). The van der Waals surface area contributed by atoms with Gasteiger partial charge in [0.05, 0.1) is 11.4 Å². The van der Waals surface area contributed by atoms with Crippen LogP contribution in [0.4, 0.5) is 13.2 Å².